The minimum Gasteiger partial charge on any atom is -0.368 e. The van der Waals surface area contributed by atoms with Gasteiger partial charge in [0.1, 0.15) is 11.9 Å². The minimum absolute atomic E-state index is 0.397. The first kappa shape index (κ1) is 10.6. The molecule has 2 aromatic heterocycles. The topological polar surface area (TPSA) is 68.6 Å². The lowest BCUT2D eigenvalue weighted by Crippen LogP contribution is -2.31. The molecular weight excluding hydrogens is 226 g/mol. The molecule has 88 valence electrons. The van der Waals surface area contributed by atoms with E-state index >= 15 is 0 Å². The van der Waals surface area contributed by atoms with Gasteiger partial charge >= 0.3 is 0 Å². The number of hydrogen-bond donors (Lipinski definition) is 1. The zero-order valence-electron chi connectivity index (χ0n) is 9.91. The number of nitrogens with two attached hydrogens (primary N) is 1. The Hall–Kier alpha value is -2.56. The number of benzene rings is 1. The molecule has 0 aliphatic rings. The maximum atomic E-state index is 5.85. The number of hydrogen-bond acceptors (Lipinski definition) is 4. The molecule has 3 aromatic rings. The number of rotatable bonds is 1. The van der Waals surface area contributed by atoms with Gasteiger partial charge in [0.15, 0.2) is 5.52 Å². The highest BCUT2D eigenvalue weighted by Gasteiger charge is 2.13. The number of aromatic nitrogens is 4. The fourth-order valence-electron chi connectivity index (χ4n) is 1.83. The first-order chi connectivity index (χ1) is 8.75. The number of aryl methyl sites for hydroxylation is 1. The van der Waals surface area contributed by atoms with E-state index in [0.29, 0.717) is 11.3 Å². The van der Waals surface area contributed by atoms with Crippen LogP contribution in [0.4, 0.5) is 5.82 Å². The van der Waals surface area contributed by atoms with Crippen LogP contribution >= 0.6 is 0 Å². The third-order valence-electron chi connectivity index (χ3n) is 2.77. The van der Waals surface area contributed by atoms with Crippen molar-refractivity contribution in [2.24, 2.45) is 7.05 Å². The Morgan fingerprint density at radius 3 is 2.67 bits per heavy atom. The third kappa shape index (κ3) is 1.66. The van der Waals surface area contributed by atoms with Crippen LogP contribution in [0.3, 0.4) is 0 Å². The van der Waals surface area contributed by atoms with E-state index in [2.05, 4.69) is 15.0 Å². The molecule has 0 radical (unpaired) electrons. The van der Waals surface area contributed by atoms with Gasteiger partial charge in [-0.25, -0.2) is 9.55 Å². The Labute approximate surface area is 104 Å². The Morgan fingerprint density at radius 1 is 1.11 bits per heavy atom. The Balaban J connectivity index is 2.26. The molecule has 2 heterocycles. The second-order valence-corrected chi connectivity index (χ2v) is 4.03. The zero-order chi connectivity index (χ0) is 12.5. The highest BCUT2D eigenvalue weighted by Crippen LogP contribution is 2.18. The summed E-state index contributed by atoms with van der Waals surface area (Å²) in [4.78, 5) is 13.0. The molecule has 1 aromatic carbocycles. The van der Waals surface area contributed by atoms with Gasteiger partial charge in [-0.1, -0.05) is 35.3 Å². The lowest BCUT2D eigenvalue weighted by Gasteiger charge is -2.01. The zero-order valence-corrected chi connectivity index (χ0v) is 9.91. The van der Waals surface area contributed by atoms with E-state index in [1.165, 1.54) is 0 Å². The summed E-state index contributed by atoms with van der Waals surface area (Å²) in [6.07, 6.45) is 3.38. The lowest BCUT2D eigenvalue weighted by atomic mass is 10.2. The first-order valence-corrected chi connectivity index (χ1v) is 5.58. The molecule has 2 N–H and O–H groups in total. The molecule has 18 heavy (non-hydrogen) atoms. The largest absolute Gasteiger partial charge is 0.368 e. The number of nitrogens with zero attached hydrogens (tertiary/aromatic N) is 4. The Morgan fingerprint density at radius 2 is 1.89 bits per heavy atom. The van der Waals surface area contributed by atoms with Crippen molar-refractivity contribution < 1.29 is 4.57 Å². The molecular formula is C13H12N5+. The molecule has 0 aliphatic heterocycles. The van der Waals surface area contributed by atoms with Crippen molar-refractivity contribution in [3.05, 3.63) is 42.9 Å². The van der Waals surface area contributed by atoms with E-state index < -0.39 is 0 Å². The fourth-order valence-corrected chi connectivity index (χ4v) is 1.83. The number of anilines is 1. The van der Waals surface area contributed by atoms with Crippen molar-refractivity contribution in [3.8, 4) is 11.3 Å². The van der Waals surface area contributed by atoms with Crippen LogP contribution in [0.25, 0.3) is 22.4 Å². The molecule has 0 aliphatic carbocycles. The van der Waals surface area contributed by atoms with E-state index in [4.69, 9.17) is 5.73 Å². The summed E-state index contributed by atoms with van der Waals surface area (Å²) in [7, 11) is 1.87. The van der Waals surface area contributed by atoms with Gasteiger partial charge in [-0.15, -0.1) is 4.98 Å². The molecule has 3 rings (SSSR count). The molecule has 0 atom stereocenters. The molecule has 0 bridgehead atoms. The molecule has 0 unspecified atom stereocenters. The average molecular weight is 238 g/mol. The summed E-state index contributed by atoms with van der Waals surface area (Å²) in [5.74, 6) is 0.397. The van der Waals surface area contributed by atoms with Gasteiger partial charge in [-0.05, 0) is 0 Å². The molecule has 5 nitrogen and oxygen atoms in total. The van der Waals surface area contributed by atoms with Crippen LogP contribution in [0.1, 0.15) is 0 Å². The highest BCUT2D eigenvalue weighted by atomic mass is 15.1. The van der Waals surface area contributed by atoms with Gasteiger partial charge in [-0.2, -0.15) is 0 Å². The van der Waals surface area contributed by atoms with Gasteiger partial charge < -0.3 is 5.73 Å². The van der Waals surface area contributed by atoms with E-state index in [1.807, 2.05) is 37.4 Å². The molecule has 0 amide bonds. The van der Waals surface area contributed by atoms with Crippen LogP contribution in [0.2, 0.25) is 0 Å². The molecule has 0 saturated heterocycles. The molecule has 0 fully saturated rings. The van der Waals surface area contributed by atoms with Crippen molar-refractivity contribution in [1.29, 1.82) is 0 Å². The number of fused-ring (bicyclic) bond motifs is 1. The van der Waals surface area contributed by atoms with E-state index in [9.17, 15) is 0 Å². The maximum absolute atomic E-state index is 5.85. The van der Waals surface area contributed by atoms with Crippen LogP contribution in [0, 0.1) is 0 Å². The van der Waals surface area contributed by atoms with Gasteiger partial charge in [-0.3, -0.25) is 0 Å². The first-order valence-electron chi connectivity index (χ1n) is 5.58. The van der Waals surface area contributed by atoms with Crippen molar-refractivity contribution in [2.45, 2.75) is 0 Å². The van der Waals surface area contributed by atoms with Crippen molar-refractivity contribution in [1.82, 2.24) is 15.0 Å². The predicted molar refractivity (Wildman–Crippen MR) is 68.4 cm³/mol. The smallest absolute Gasteiger partial charge is 0.293 e. The SMILES string of the molecule is C[n+]1cnc(N)c2nc(-c3ccccc3)cnc21. The van der Waals surface area contributed by atoms with E-state index in [1.54, 1.807) is 17.1 Å². The predicted octanol–water partition coefficient (Wildman–Crippen LogP) is 1.10. The van der Waals surface area contributed by atoms with E-state index in [-0.39, 0.29) is 0 Å². The van der Waals surface area contributed by atoms with Crippen LogP contribution in [0.15, 0.2) is 42.9 Å². The molecule has 5 heteroatoms. The standard InChI is InChI=1S/C13H11N5/c1-18-8-16-12(14)11-13(18)15-7-10(17-11)9-5-3-2-4-6-9/h2-8,14H,1H3/p+1. The Bertz CT molecular complexity index is 709. The van der Waals surface area contributed by atoms with Crippen LogP contribution in [-0.4, -0.2) is 15.0 Å². The summed E-state index contributed by atoms with van der Waals surface area (Å²) >= 11 is 0. The third-order valence-corrected chi connectivity index (χ3v) is 2.77. The van der Waals surface area contributed by atoms with Gasteiger partial charge in [0.25, 0.3) is 5.65 Å². The second kappa shape index (κ2) is 4.03. The minimum atomic E-state index is 0.397. The number of nitrogen functional groups attached to an aromatic ring is 1. The highest BCUT2D eigenvalue weighted by molar-refractivity contribution is 5.80. The molecule has 0 spiro atoms. The van der Waals surface area contributed by atoms with Crippen molar-refractivity contribution in [3.63, 3.8) is 0 Å². The maximum Gasteiger partial charge on any atom is 0.293 e. The average Bonchev–Trinajstić information content (AvgIpc) is 2.44. The summed E-state index contributed by atoms with van der Waals surface area (Å²) in [6, 6.07) is 9.88. The summed E-state index contributed by atoms with van der Waals surface area (Å²) < 4.78 is 1.80. The second-order valence-electron chi connectivity index (χ2n) is 4.03. The van der Waals surface area contributed by atoms with Crippen LogP contribution in [-0.2, 0) is 7.05 Å². The summed E-state index contributed by atoms with van der Waals surface area (Å²) in [6.45, 7) is 0. The van der Waals surface area contributed by atoms with Crippen molar-refractivity contribution >= 4 is 17.0 Å². The molecule has 0 saturated carbocycles. The Kier molecular flexibility index (Phi) is 2.37. The van der Waals surface area contributed by atoms with E-state index in [0.717, 1.165) is 16.9 Å². The van der Waals surface area contributed by atoms with Crippen molar-refractivity contribution in [2.75, 3.05) is 5.73 Å². The monoisotopic (exact) mass is 238 g/mol. The summed E-state index contributed by atoms with van der Waals surface area (Å²) in [5, 5.41) is 0. The lowest BCUT2D eigenvalue weighted by molar-refractivity contribution is -0.649. The normalized spacial score (nSPS) is 10.7. The van der Waals surface area contributed by atoms with Crippen LogP contribution in [0.5, 0.6) is 0 Å². The van der Waals surface area contributed by atoms with Gasteiger partial charge in [0, 0.05) is 5.56 Å². The van der Waals surface area contributed by atoms with Crippen LogP contribution < -0.4 is 10.3 Å². The quantitative estimate of drug-likeness (QED) is 0.644. The summed E-state index contributed by atoms with van der Waals surface area (Å²) in [5.41, 5.74) is 9.00. The fraction of sp³-hybridized carbons (Fsp3) is 0.0769. The van der Waals surface area contributed by atoms with Gasteiger partial charge in [0.2, 0.25) is 12.1 Å². The van der Waals surface area contributed by atoms with Gasteiger partial charge in [0.05, 0.1) is 7.05 Å².